The third kappa shape index (κ3) is 3.19. The molecular weight excluding hydrogens is 350 g/mol. The molecule has 0 saturated carbocycles. The van der Waals surface area contributed by atoms with Crippen molar-refractivity contribution >= 4 is 23.4 Å². The number of thioether (sulfide) groups is 1. The monoisotopic (exact) mass is 359 g/mol. The van der Waals surface area contributed by atoms with Crippen molar-refractivity contribution in [1.82, 2.24) is 25.3 Å². The Labute approximate surface area is 145 Å². The lowest BCUT2D eigenvalue weighted by Gasteiger charge is -1.93. The van der Waals surface area contributed by atoms with Crippen LogP contribution in [0.15, 0.2) is 56.8 Å². The van der Waals surface area contributed by atoms with Gasteiger partial charge in [0.2, 0.25) is 0 Å². The number of rotatable bonds is 5. The molecule has 7 nitrogen and oxygen atoms in total. The molecule has 0 aliphatic carbocycles. The van der Waals surface area contributed by atoms with E-state index < -0.39 is 0 Å². The first-order valence-corrected chi connectivity index (χ1v) is 8.33. The topological polar surface area (TPSA) is 93.6 Å². The summed E-state index contributed by atoms with van der Waals surface area (Å²) in [6.45, 7) is 0. The molecule has 3 aromatic heterocycles. The van der Waals surface area contributed by atoms with Gasteiger partial charge in [0.15, 0.2) is 5.82 Å². The highest BCUT2D eigenvalue weighted by atomic mass is 35.5. The zero-order valence-corrected chi connectivity index (χ0v) is 13.7. The summed E-state index contributed by atoms with van der Waals surface area (Å²) in [6, 6.07) is 10.9. The van der Waals surface area contributed by atoms with E-state index in [0.717, 1.165) is 11.3 Å². The number of hydrogen-bond donors (Lipinski definition) is 1. The predicted molar refractivity (Wildman–Crippen MR) is 88.4 cm³/mol. The molecule has 0 atom stereocenters. The number of aromatic nitrogens is 5. The van der Waals surface area contributed by atoms with Crippen LogP contribution in [0.5, 0.6) is 0 Å². The molecule has 0 radical (unpaired) electrons. The molecule has 120 valence electrons. The Balaban J connectivity index is 1.42. The first-order valence-electron chi connectivity index (χ1n) is 6.96. The fraction of sp³-hybridized carbons (Fsp3) is 0.0667. The Hall–Kier alpha value is -2.58. The molecule has 3 heterocycles. The summed E-state index contributed by atoms with van der Waals surface area (Å²) in [6.07, 6.45) is 1.80. The summed E-state index contributed by atoms with van der Waals surface area (Å²) in [5.41, 5.74) is 1.59. The van der Waals surface area contributed by atoms with Crippen LogP contribution in [0.4, 0.5) is 0 Å². The van der Waals surface area contributed by atoms with Gasteiger partial charge in [-0.3, -0.25) is 0 Å². The molecule has 0 amide bonds. The van der Waals surface area contributed by atoms with Crippen LogP contribution in [0.3, 0.4) is 0 Å². The second-order valence-corrected chi connectivity index (χ2v) is 6.13. The van der Waals surface area contributed by atoms with Gasteiger partial charge in [-0.1, -0.05) is 28.5 Å². The maximum Gasteiger partial charge on any atom is 0.277 e. The molecule has 9 heteroatoms. The third-order valence-corrected chi connectivity index (χ3v) is 4.19. The third-order valence-electron chi connectivity index (χ3n) is 3.12. The molecule has 4 aromatic rings. The zero-order chi connectivity index (χ0) is 16.4. The van der Waals surface area contributed by atoms with E-state index in [2.05, 4.69) is 25.3 Å². The van der Waals surface area contributed by atoms with Crippen LogP contribution in [-0.2, 0) is 5.75 Å². The molecule has 24 heavy (non-hydrogen) atoms. The zero-order valence-electron chi connectivity index (χ0n) is 12.1. The highest BCUT2D eigenvalue weighted by molar-refractivity contribution is 7.98. The molecule has 4 rings (SSSR count). The first-order chi connectivity index (χ1) is 11.8. The van der Waals surface area contributed by atoms with Crippen molar-refractivity contribution in [3.8, 4) is 23.0 Å². The van der Waals surface area contributed by atoms with Gasteiger partial charge in [-0.05, 0) is 36.4 Å². The number of halogens is 1. The Morgan fingerprint density at radius 3 is 2.75 bits per heavy atom. The number of hydrogen-bond acceptors (Lipinski definition) is 7. The lowest BCUT2D eigenvalue weighted by Crippen LogP contribution is -1.84. The summed E-state index contributed by atoms with van der Waals surface area (Å²) >= 11 is 7.21. The standard InChI is InChI=1S/C15H10ClN5O2S/c16-10-5-3-9(4-6-10)13-18-12(21-23-13)8-24-15-20-19-14(22-15)11-2-1-7-17-11/h1-7,17H,8H2. The van der Waals surface area contributed by atoms with Crippen LogP contribution in [0.2, 0.25) is 5.02 Å². The molecule has 1 N–H and O–H groups in total. The summed E-state index contributed by atoms with van der Waals surface area (Å²) < 4.78 is 10.8. The van der Waals surface area contributed by atoms with Gasteiger partial charge in [0, 0.05) is 16.8 Å². The van der Waals surface area contributed by atoms with Gasteiger partial charge in [-0.25, -0.2) is 0 Å². The Morgan fingerprint density at radius 1 is 1.08 bits per heavy atom. The maximum absolute atomic E-state index is 5.87. The molecule has 0 fully saturated rings. The summed E-state index contributed by atoms with van der Waals surface area (Å²) in [4.78, 5) is 7.36. The minimum Gasteiger partial charge on any atom is -0.410 e. The lowest BCUT2D eigenvalue weighted by molar-refractivity contribution is 0.425. The number of aromatic amines is 1. The van der Waals surface area contributed by atoms with Gasteiger partial charge in [-0.15, -0.1) is 10.2 Å². The lowest BCUT2D eigenvalue weighted by atomic mass is 10.2. The second-order valence-electron chi connectivity index (χ2n) is 4.77. The summed E-state index contributed by atoms with van der Waals surface area (Å²) in [5, 5.41) is 13.0. The van der Waals surface area contributed by atoms with E-state index in [1.54, 1.807) is 18.3 Å². The average Bonchev–Trinajstić information content (AvgIpc) is 3.34. The summed E-state index contributed by atoms with van der Waals surface area (Å²) in [5.74, 6) is 1.89. The second kappa shape index (κ2) is 6.50. The van der Waals surface area contributed by atoms with Crippen molar-refractivity contribution in [2.45, 2.75) is 11.0 Å². The molecule has 0 unspecified atom stereocenters. The highest BCUT2D eigenvalue weighted by Gasteiger charge is 2.13. The molecule has 0 aliphatic rings. The van der Waals surface area contributed by atoms with E-state index in [1.807, 2.05) is 24.3 Å². The maximum atomic E-state index is 5.87. The minimum atomic E-state index is 0.442. The molecular formula is C15H10ClN5O2S. The summed E-state index contributed by atoms with van der Waals surface area (Å²) in [7, 11) is 0. The van der Waals surface area contributed by atoms with Crippen molar-refractivity contribution in [1.29, 1.82) is 0 Å². The van der Waals surface area contributed by atoms with E-state index in [4.69, 9.17) is 20.5 Å². The van der Waals surface area contributed by atoms with Crippen molar-refractivity contribution in [3.63, 3.8) is 0 Å². The predicted octanol–water partition coefficient (Wildman–Crippen LogP) is 4.06. The van der Waals surface area contributed by atoms with E-state index in [9.17, 15) is 0 Å². The van der Waals surface area contributed by atoms with Gasteiger partial charge in [0.25, 0.3) is 17.0 Å². The van der Waals surface area contributed by atoms with Crippen molar-refractivity contribution in [2.24, 2.45) is 0 Å². The Bertz CT molecular complexity index is 933. The quantitative estimate of drug-likeness (QED) is 0.537. The van der Waals surface area contributed by atoms with E-state index in [0.29, 0.717) is 33.6 Å². The van der Waals surface area contributed by atoms with E-state index in [1.165, 1.54) is 11.8 Å². The van der Waals surface area contributed by atoms with Crippen molar-refractivity contribution < 1.29 is 8.94 Å². The molecule has 0 spiro atoms. The minimum absolute atomic E-state index is 0.442. The van der Waals surface area contributed by atoms with Gasteiger partial charge in [0.05, 0.1) is 5.75 Å². The fourth-order valence-electron chi connectivity index (χ4n) is 1.99. The SMILES string of the molecule is Clc1ccc(-c2nc(CSc3nnc(-c4ccc[nH]4)o3)no2)cc1. The van der Waals surface area contributed by atoms with Crippen LogP contribution in [0.25, 0.3) is 23.0 Å². The highest BCUT2D eigenvalue weighted by Crippen LogP contribution is 2.25. The van der Waals surface area contributed by atoms with Gasteiger partial charge in [0.1, 0.15) is 5.69 Å². The molecule has 0 aliphatic heterocycles. The van der Waals surface area contributed by atoms with Crippen LogP contribution in [-0.4, -0.2) is 25.3 Å². The van der Waals surface area contributed by atoms with Crippen LogP contribution in [0, 0.1) is 0 Å². The first kappa shape index (κ1) is 15.0. The largest absolute Gasteiger partial charge is 0.410 e. The van der Waals surface area contributed by atoms with Crippen molar-refractivity contribution in [3.05, 3.63) is 53.4 Å². The Kier molecular flexibility index (Phi) is 4.06. The number of nitrogens with one attached hydrogen (secondary N) is 1. The van der Waals surface area contributed by atoms with Crippen LogP contribution in [0.1, 0.15) is 5.82 Å². The van der Waals surface area contributed by atoms with Crippen LogP contribution >= 0.6 is 23.4 Å². The molecule has 0 bridgehead atoms. The molecule has 0 saturated heterocycles. The number of H-pyrrole nitrogens is 1. The average molecular weight is 360 g/mol. The smallest absolute Gasteiger partial charge is 0.277 e. The number of benzene rings is 1. The van der Waals surface area contributed by atoms with Crippen LogP contribution < -0.4 is 0 Å². The molecule has 1 aromatic carbocycles. The fourth-order valence-corrected chi connectivity index (χ4v) is 2.72. The van der Waals surface area contributed by atoms with Gasteiger partial charge < -0.3 is 13.9 Å². The van der Waals surface area contributed by atoms with Crippen molar-refractivity contribution in [2.75, 3.05) is 0 Å². The van der Waals surface area contributed by atoms with Gasteiger partial charge >= 0.3 is 0 Å². The van der Waals surface area contributed by atoms with E-state index in [-0.39, 0.29) is 0 Å². The number of nitrogens with zero attached hydrogens (tertiary/aromatic N) is 4. The van der Waals surface area contributed by atoms with E-state index >= 15 is 0 Å². The van der Waals surface area contributed by atoms with Gasteiger partial charge in [-0.2, -0.15) is 4.98 Å². The normalized spacial score (nSPS) is 11.0. The Morgan fingerprint density at radius 2 is 1.96 bits per heavy atom.